The first-order valence-electron chi connectivity index (χ1n) is 8.92. The maximum Gasteiger partial charge on any atom is 0.310 e. The summed E-state index contributed by atoms with van der Waals surface area (Å²) < 4.78 is 0. The molecule has 6 nitrogen and oxygen atoms in total. The van der Waals surface area contributed by atoms with Crippen molar-refractivity contribution in [3.05, 3.63) is 104 Å². The van der Waals surface area contributed by atoms with Crippen molar-refractivity contribution in [3.8, 4) is 5.75 Å². The summed E-state index contributed by atoms with van der Waals surface area (Å²) in [5.41, 5.74) is 2.76. The van der Waals surface area contributed by atoms with Crippen molar-refractivity contribution in [2.75, 3.05) is 0 Å². The van der Waals surface area contributed by atoms with Crippen molar-refractivity contribution in [1.82, 2.24) is 5.32 Å². The summed E-state index contributed by atoms with van der Waals surface area (Å²) in [4.78, 5) is 23.1. The number of aromatic hydroxyl groups is 1. The Labute approximate surface area is 172 Å². The predicted octanol–water partition coefficient (Wildman–Crippen LogP) is 4.71. The van der Waals surface area contributed by atoms with Gasteiger partial charge in [0.05, 0.1) is 17.4 Å². The molecule has 2 N–H and O–H groups in total. The molecule has 0 aliphatic rings. The van der Waals surface area contributed by atoms with E-state index in [4.69, 9.17) is 11.6 Å². The lowest BCUT2D eigenvalue weighted by Gasteiger charge is -2.22. The van der Waals surface area contributed by atoms with Crippen LogP contribution >= 0.6 is 11.6 Å². The number of carbonyl (C=O) groups is 1. The lowest BCUT2D eigenvalue weighted by molar-refractivity contribution is -0.385. The van der Waals surface area contributed by atoms with Crippen LogP contribution in [0.5, 0.6) is 5.75 Å². The van der Waals surface area contributed by atoms with Crippen LogP contribution in [0.3, 0.4) is 0 Å². The van der Waals surface area contributed by atoms with E-state index in [9.17, 15) is 20.0 Å². The Morgan fingerprint density at radius 1 is 1.14 bits per heavy atom. The highest BCUT2D eigenvalue weighted by Gasteiger charge is 2.20. The van der Waals surface area contributed by atoms with E-state index in [-0.39, 0.29) is 12.3 Å². The molecule has 1 unspecified atom stereocenters. The van der Waals surface area contributed by atoms with E-state index in [0.29, 0.717) is 10.6 Å². The second kappa shape index (κ2) is 8.75. The van der Waals surface area contributed by atoms with Gasteiger partial charge in [-0.25, -0.2) is 0 Å². The Balaban J connectivity index is 1.87. The van der Waals surface area contributed by atoms with Gasteiger partial charge in [0, 0.05) is 11.1 Å². The van der Waals surface area contributed by atoms with Crippen LogP contribution in [0.4, 0.5) is 5.69 Å². The predicted molar refractivity (Wildman–Crippen MR) is 111 cm³/mol. The second-order valence-electron chi connectivity index (χ2n) is 6.67. The molecule has 0 bridgehead atoms. The highest BCUT2D eigenvalue weighted by molar-refractivity contribution is 6.30. The zero-order valence-corrected chi connectivity index (χ0v) is 16.4. The van der Waals surface area contributed by atoms with Gasteiger partial charge in [-0.3, -0.25) is 14.9 Å². The SMILES string of the molecule is Cc1cc(Cl)ccc1C(NC(=O)Cc1ccc(O)c([N+](=O)[O-])c1)c1ccccc1. The van der Waals surface area contributed by atoms with E-state index in [2.05, 4.69) is 5.32 Å². The average molecular weight is 411 g/mol. The van der Waals surface area contributed by atoms with Gasteiger partial charge in [0.15, 0.2) is 5.75 Å². The van der Waals surface area contributed by atoms with Crippen LogP contribution in [0.15, 0.2) is 66.7 Å². The van der Waals surface area contributed by atoms with Gasteiger partial charge in [-0.1, -0.05) is 54.1 Å². The number of amides is 1. The Kier molecular flexibility index (Phi) is 6.14. The third kappa shape index (κ3) is 4.92. The second-order valence-corrected chi connectivity index (χ2v) is 7.11. The lowest BCUT2D eigenvalue weighted by Crippen LogP contribution is -2.31. The van der Waals surface area contributed by atoms with Crippen molar-refractivity contribution in [2.24, 2.45) is 0 Å². The van der Waals surface area contributed by atoms with Crippen LogP contribution in [0, 0.1) is 17.0 Å². The van der Waals surface area contributed by atoms with Gasteiger partial charge in [0.25, 0.3) is 0 Å². The molecule has 0 fully saturated rings. The first-order valence-corrected chi connectivity index (χ1v) is 9.29. The number of aryl methyl sites for hydroxylation is 1. The number of halogens is 1. The minimum Gasteiger partial charge on any atom is -0.502 e. The molecule has 0 aliphatic heterocycles. The number of carbonyl (C=O) groups excluding carboxylic acids is 1. The lowest BCUT2D eigenvalue weighted by atomic mass is 9.94. The van der Waals surface area contributed by atoms with Crippen LogP contribution in [0.2, 0.25) is 5.02 Å². The van der Waals surface area contributed by atoms with E-state index in [1.54, 1.807) is 6.07 Å². The standard InChI is InChI=1S/C22H19ClN2O4/c1-14-11-17(23)8-9-18(14)22(16-5-3-2-4-6-16)24-21(27)13-15-7-10-20(26)19(12-15)25(28)29/h2-12,22,26H,13H2,1H3,(H,24,27). The Hall–Kier alpha value is -3.38. The zero-order chi connectivity index (χ0) is 21.0. The van der Waals surface area contributed by atoms with E-state index < -0.39 is 22.4 Å². The maximum atomic E-state index is 12.7. The van der Waals surface area contributed by atoms with Crippen molar-refractivity contribution in [3.63, 3.8) is 0 Å². The smallest absolute Gasteiger partial charge is 0.310 e. The Morgan fingerprint density at radius 2 is 1.86 bits per heavy atom. The zero-order valence-electron chi connectivity index (χ0n) is 15.6. The van der Waals surface area contributed by atoms with Gasteiger partial charge < -0.3 is 10.4 Å². The van der Waals surface area contributed by atoms with E-state index >= 15 is 0 Å². The molecule has 1 amide bonds. The summed E-state index contributed by atoms with van der Waals surface area (Å²) in [7, 11) is 0. The quantitative estimate of drug-likeness (QED) is 0.454. The number of hydrogen-bond donors (Lipinski definition) is 2. The number of nitro benzene ring substituents is 1. The van der Waals surface area contributed by atoms with Gasteiger partial charge in [-0.05, 0) is 47.4 Å². The van der Waals surface area contributed by atoms with Crippen LogP contribution < -0.4 is 5.32 Å². The molecular formula is C22H19ClN2O4. The Morgan fingerprint density at radius 3 is 2.52 bits per heavy atom. The topological polar surface area (TPSA) is 92.5 Å². The number of rotatable bonds is 6. The van der Waals surface area contributed by atoms with Crippen LogP contribution in [0.25, 0.3) is 0 Å². The summed E-state index contributed by atoms with van der Waals surface area (Å²) >= 11 is 6.07. The minimum atomic E-state index is -0.680. The van der Waals surface area contributed by atoms with Crippen LogP contribution in [-0.4, -0.2) is 15.9 Å². The summed E-state index contributed by atoms with van der Waals surface area (Å²) in [6.07, 6.45) is -0.0584. The van der Waals surface area contributed by atoms with E-state index in [1.807, 2.05) is 49.4 Å². The number of hydrogen-bond acceptors (Lipinski definition) is 4. The molecular weight excluding hydrogens is 392 g/mol. The van der Waals surface area contributed by atoms with Gasteiger partial charge in [0.2, 0.25) is 5.91 Å². The summed E-state index contributed by atoms with van der Waals surface area (Å²) in [5.74, 6) is -0.730. The number of phenols is 1. The van der Waals surface area contributed by atoms with Crippen LogP contribution in [0.1, 0.15) is 28.3 Å². The maximum absolute atomic E-state index is 12.7. The number of nitrogens with one attached hydrogen (secondary N) is 1. The molecule has 0 heterocycles. The molecule has 0 saturated carbocycles. The molecule has 0 saturated heterocycles. The van der Waals surface area contributed by atoms with Gasteiger partial charge >= 0.3 is 5.69 Å². The molecule has 3 rings (SSSR count). The number of nitro groups is 1. The molecule has 1 atom stereocenters. The molecule has 0 aromatic heterocycles. The molecule has 29 heavy (non-hydrogen) atoms. The van der Waals surface area contributed by atoms with Gasteiger partial charge in [0.1, 0.15) is 0 Å². The summed E-state index contributed by atoms with van der Waals surface area (Å²) in [6, 6.07) is 18.5. The van der Waals surface area contributed by atoms with E-state index in [1.165, 1.54) is 18.2 Å². The summed E-state index contributed by atoms with van der Waals surface area (Å²) in [5, 5.41) is 24.2. The highest BCUT2D eigenvalue weighted by Crippen LogP contribution is 2.28. The fourth-order valence-electron chi connectivity index (χ4n) is 3.17. The normalized spacial score (nSPS) is 11.7. The first-order chi connectivity index (χ1) is 13.8. The Bertz CT molecular complexity index is 1050. The molecule has 7 heteroatoms. The third-order valence-electron chi connectivity index (χ3n) is 4.58. The molecule has 3 aromatic rings. The molecule has 148 valence electrons. The molecule has 0 radical (unpaired) electrons. The van der Waals surface area contributed by atoms with Crippen LogP contribution in [-0.2, 0) is 11.2 Å². The first kappa shape index (κ1) is 20.4. The average Bonchev–Trinajstić information content (AvgIpc) is 2.68. The largest absolute Gasteiger partial charge is 0.502 e. The summed E-state index contributed by atoms with van der Waals surface area (Å²) in [6.45, 7) is 1.92. The number of nitrogens with zero attached hydrogens (tertiary/aromatic N) is 1. The highest BCUT2D eigenvalue weighted by atomic mass is 35.5. The number of benzene rings is 3. The van der Waals surface area contributed by atoms with E-state index in [0.717, 1.165) is 16.7 Å². The third-order valence-corrected chi connectivity index (χ3v) is 4.82. The fraction of sp³-hybridized carbons (Fsp3) is 0.136. The minimum absolute atomic E-state index is 0.0584. The van der Waals surface area contributed by atoms with Crippen molar-refractivity contribution in [1.29, 1.82) is 0 Å². The fourth-order valence-corrected chi connectivity index (χ4v) is 3.40. The van der Waals surface area contributed by atoms with Gasteiger partial charge in [-0.15, -0.1) is 0 Å². The van der Waals surface area contributed by atoms with Gasteiger partial charge in [-0.2, -0.15) is 0 Å². The molecule has 3 aromatic carbocycles. The molecule has 0 spiro atoms. The monoisotopic (exact) mass is 410 g/mol. The van der Waals surface area contributed by atoms with Crippen molar-refractivity contribution >= 4 is 23.2 Å². The van der Waals surface area contributed by atoms with Crippen molar-refractivity contribution in [2.45, 2.75) is 19.4 Å². The molecule has 0 aliphatic carbocycles. The van der Waals surface area contributed by atoms with Crippen molar-refractivity contribution < 1.29 is 14.8 Å². The number of phenolic OH excluding ortho intramolecular Hbond substituents is 1.